The molecule has 0 spiro atoms. The lowest BCUT2D eigenvalue weighted by molar-refractivity contribution is -0.133. The molecule has 5 N–H and O–H groups in total. The number of fused-ring (bicyclic) bond motifs is 1. The Morgan fingerprint density at radius 1 is 1.17 bits per heavy atom. The molecule has 0 saturated carbocycles. The van der Waals surface area contributed by atoms with Crippen molar-refractivity contribution in [3.05, 3.63) is 30.3 Å². The van der Waals surface area contributed by atoms with Crippen molar-refractivity contribution in [1.29, 1.82) is 5.41 Å². The minimum atomic E-state index is -4.12. The summed E-state index contributed by atoms with van der Waals surface area (Å²) in [7, 11) is -1.07. The molecule has 2 unspecified atom stereocenters. The molecule has 0 bridgehead atoms. The van der Waals surface area contributed by atoms with Crippen molar-refractivity contribution < 1.29 is 22.7 Å². The smallest absolute Gasteiger partial charge is 0.246 e. The van der Waals surface area contributed by atoms with Crippen LogP contribution in [0.5, 0.6) is 11.5 Å². The summed E-state index contributed by atoms with van der Waals surface area (Å²) in [5.41, 5.74) is 4.13. The molecule has 1 aliphatic heterocycles. The molecule has 2 atom stereocenters. The topological polar surface area (TPSA) is 147 Å². The van der Waals surface area contributed by atoms with E-state index in [2.05, 4.69) is 10.0 Å². The van der Waals surface area contributed by atoms with Gasteiger partial charge < -0.3 is 25.4 Å². The third-order valence-electron chi connectivity index (χ3n) is 6.50. The minimum Gasteiger partial charge on any atom is -0.493 e. The van der Waals surface area contributed by atoms with Crippen LogP contribution in [-0.4, -0.2) is 64.1 Å². The maximum Gasteiger partial charge on any atom is 0.246 e. The van der Waals surface area contributed by atoms with Gasteiger partial charge in [0.25, 0.3) is 0 Å². The van der Waals surface area contributed by atoms with Crippen molar-refractivity contribution in [1.82, 2.24) is 14.9 Å². The number of methoxy groups -OCH3 is 2. The molecule has 3 rings (SSSR count). The standard InChI is InChI=1S/C24H35N5O5S.ClH/c1-5-7-11-29-12-10-24(22(29)30,21(6-2)27-23(25)26)28-35(31,32)18-9-8-16-14-19(33-3)20(34-4)15-17(16)13-18;/h8-9,13-15,21,28H,5-7,10-12H2,1-4H3,(H4,25,26,27);1H. The van der Waals surface area contributed by atoms with E-state index in [-0.39, 0.29) is 35.6 Å². The summed E-state index contributed by atoms with van der Waals surface area (Å²) < 4.78 is 40.7. The van der Waals surface area contributed by atoms with E-state index in [0.29, 0.717) is 36.4 Å². The van der Waals surface area contributed by atoms with Crippen molar-refractivity contribution in [2.45, 2.75) is 56.0 Å². The highest BCUT2D eigenvalue weighted by atomic mass is 35.5. The number of carbonyl (C=O) groups excluding carboxylic acids is 1. The van der Waals surface area contributed by atoms with Crippen LogP contribution in [0.4, 0.5) is 0 Å². The molecule has 36 heavy (non-hydrogen) atoms. The molecular formula is C24H36ClN5O5S. The highest BCUT2D eigenvalue weighted by Gasteiger charge is 2.54. The summed E-state index contributed by atoms with van der Waals surface area (Å²) in [6.07, 6.45) is 2.40. The molecule has 10 nitrogen and oxygen atoms in total. The molecule has 1 saturated heterocycles. The van der Waals surface area contributed by atoms with Gasteiger partial charge in [0.2, 0.25) is 15.9 Å². The molecule has 0 radical (unpaired) electrons. The zero-order valence-corrected chi connectivity index (χ0v) is 22.7. The number of carbonyl (C=O) groups is 1. The monoisotopic (exact) mass is 541 g/mol. The normalized spacial score (nSPS) is 18.6. The van der Waals surface area contributed by atoms with Crippen LogP contribution in [0.3, 0.4) is 0 Å². The van der Waals surface area contributed by atoms with E-state index < -0.39 is 21.6 Å². The molecule has 1 fully saturated rings. The lowest BCUT2D eigenvalue weighted by Crippen LogP contribution is -2.66. The second kappa shape index (κ2) is 12.0. The molecule has 0 aliphatic carbocycles. The van der Waals surface area contributed by atoms with Crippen molar-refractivity contribution in [2.75, 3.05) is 27.3 Å². The Hall–Kier alpha value is -2.76. The first-order valence-corrected chi connectivity index (χ1v) is 13.2. The Morgan fingerprint density at radius 2 is 1.81 bits per heavy atom. The fourth-order valence-corrected chi connectivity index (χ4v) is 6.09. The number of ether oxygens (including phenoxy) is 2. The second-order valence-corrected chi connectivity index (χ2v) is 10.4. The predicted octanol–water partition coefficient (Wildman–Crippen LogP) is 2.59. The SMILES string of the molecule is CCCCN1CCC(NS(=O)(=O)c2ccc3cc(OC)c(OC)cc3c2)(C(CC)NC(=N)N)C1=O.Cl. The van der Waals surface area contributed by atoms with Crippen LogP contribution >= 0.6 is 12.4 Å². The van der Waals surface area contributed by atoms with Gasteiger partial charge in [-0.1, -0.05) is 26.3 Å². The third-order valence-corrected chi connectivity index (χ3v) is 8.01. The molecule has 2 aromatic carbocycles. The van der Waals surface area contributed by atoms with Crippen LogP contribution in [0, 0.1) is 5.41 Å². The molecule has 1 amide bonds. The van der Waals surface area contributed by atoms with Gasteiger partial charge in [-0.3, -0.25) is 10.2 Å². The average molecular weight is 542 g/mol. The quantitative estimate of drug-likeness (QED) is 0.252. The number of hydrogen-bond donors (Lipinski definition) is 4. The van der Waals surface area contributed by atoms with Gasteiger partial charge in [-0.2, -0.15) is 4.72 Å². The first-order valence-electron chi connectivity index (χ1n) is 11.7. The van der Waals surface area contributed by atoms with Gasteiger partial charge in [0.1, 0.15) is 5.54 Å². The molecular weight excluding hydrogens is 506 g/mol. The summed E-state index contributed by atoms with van der Waals surface area (Å²) in [6, 6.07) is 7.53. The number of sulfonamides is 1. The zero-order chi connectivity index (χ0) is 25.8. The number of rotatable bonds is 11. The highest BCUT2D eigenvalue weighted by Crippen LogP contribution is 2.34. The van der Waals surface area contributed by atoms with Gasteiger partial charge in [0.05, 0.1) is 25.2 Å². The van der Waals surface area contributed by atoms with Crippen LogP contribution in [0.15, 0.2) is 35.2 Å². The largest absolute Gasteiger partial charge is 0.493 e. The lowest BCUT2D eigenvalue weighted by atomic mass is 9.87. The summed E-state index contributed by atoms with van der Waals surface area (Å²) in [5, 5.41) is 11.9. The number of benzene rings is 2. The Kier molecular flexibility index (Phi) is 9.81. The van der Waals surface area contributed by atoms with Crippen molar-refractivity contribution >= 4 is 45.1 Å². The molecule has 1 heterocycles. The van der Waals surface area contributed by atoms with E-state index in [9.17, 15) is 13.2 Å². The molecule has 1 aliphatic rings. The van der Waals surface area contributed by atoms with Crippen molar-refractivity contribution in [3.63, 3.8) is 0 Å². The summed E-state index contributed by atoms with van der Waals surface area (Å²) in [6.45, 7) is 4.83. The van der Waals surface area contributed by atoms with Crippen LogP contribution in [0.1, 0.15) is 39.5 Å². The number of likely N-dealkylation sites (tertiary alicyclic amines) is 1. The van der Waals surface area contributed by atoms with Crippen LogP contribution in [-0.2, 0) is 14.8 Å². The van der Waals surface area contributed by atoms with Crippen molar-refractivity contribution in [2.24, 2.45) is 5.73 Å². The second-order valence-electron chi connectivity index (χ2n) is 8.71. The first-order chi connectivity index (χ1) is 16.6. The third kappa shape index (κ3) is 5.79. The number of nitrogens with two attached hydrogens (primary N) is 1. The lowest BCUT2D eigenvalue weighted by Gasteiger charge is -2.36. The van der Waals surface area contributed by atoms with E-state index in [0.717, 1.165) is 18.2 Å². The number of hydrogen-bond acceptors (Lipinski definition) is 6. The number of unbranched alkanes of at least 4 members (excludes halogenated alkanes) is 1. The van der Waals surface area contributed by atoms with E-state index in [1.54, 1.807) is 29.2 Å². The Balaban J connectivity index is 0.00000456. The Bertz CT molecular complexity index is 1210. The Labute approximate surface area is 218 Å². The van der Waals surface area contributed by atoms with Gasteiger partial charge in [-0.25, -0.2) is 8.42 Å². The van der Waals surface area contributed by atoms with E-state index in [1.807, 2.05) is 13.8 Å². The number of nitrogens with zero attached hydrogens (tertiary/aromatic N) is 1. The fraction of sp³-hybridized carbons (Fsp3) is 0.500. The van der Waals surface area contributed by atoms with Gasteiger partial charge in [0, 0.05) is 13.1 Å². The summed E-state index contributed by atoms with van der Waals surface area (Å²) >= 11 is 0. The maximum absolute atomic E-state index is 13.6. The van der Waals surface area contributed by atoms with Gasteiger partial charge in [-0.15, -0.1) is 12.4 Å². The summed E-state index contributed by atoms with van der Waals surface area (Å²) in [4.78, 5) is 15.3. The van der Waals surface area contributed by atoms with Gasteiger partial charge >= 0.3 is 0 Å². The molecule has 2 aromatic rings. The van der Waals surface area contributed by atoms with Crippen LogP contribution in [0.25, 0.3) is 10.8 Å². The number of halogens is 1. The molecule has 200 valence electrons. The minimum absolute atomic E-state index is 0. The fourth-order valence-electron chi connectivity index (χ4n) is 4.63. The van der Waals surface area contributed by atoms with Gasteiger partial charge in [-0.05, 0) is 54.3 Å². The zero-order valence-electron chi connectivity index (χ0n) is 21.1. The molecule has 0 aromatic heterocycles. The van der Waals surface area contributed by atoms with Crippen LogP contribution < -0.4 is 25.2 Å². The van der Waals surface area contributed by atoms with E-state index in [4.69, 9.17) is 20.6 Å². The van der Waals surface area contributed by atoms with Crippen LogP contribution in [0.2, 0.25) is 0 Å². The highest BCUT2D eigenvalue weighted by molar-refractivity contribution is 7.89. The maximum atomic E-state index is 13.6. The van der Waals surface area contributed by atoms with E-state index in [1.165, 1.54) is 20.3 Å². The Morgan fingerprint density at radius 3 is 2.36 bits per heavy atom. The van der Waals surface area contributed by atoms with Crippen molar-refractivity contribution in [3.8, 4) is 11.5 Å². The molecule has 12 heteroatoms. The van der Waals surface area contributed by atoms with E-state index >= 15 is 0 Å². The van der Waals surface area contributed by atoms with Gasteiger partial charge in [0.15, 0.2) is 17.5 Å². The number of nitrogens with one attached hydrogen (secondary N) is 3. The number of guanidine groups is 1. The first kappa shape index (κ1) is 29.5. The predicted molar refractivity (Wildman–Crippen MR) is 143 cm³/mol. The number of amides is 1. The average Bonchev–Trinajstić information content (AvgIpc) is 3.14. The summed E-state index contributed by atoms with van der Waals surface area (Å²) in [5.74, 6) is 0.398.